The zero-order valence-corrected chi connectivity index (χ0v) is 13.6. The van der Waals surface area contributed by atoms with E-state index in [1.54, 1.807) is 7.11 Å². The second kappa shape index (κ2) is 7.18. The topological polar surface area (TPSA) is 113 Å². The van der Waals surface area contributed by atoms with Gasteiger partial charge in [0.1, 0.15) is 5.75 Å². The monoisotopic (exact) mass is 345 g/mol. The average molecular weight is 345 g/mol. The van der Waals surface area contributed by atoms with Gasteiger partial charge < -0.3 is 15.0 Å². The number of thioether (sulfide) groups is 1. The molecule has 0 atom stereocenters. The molecule has 0 aliphatic carbocycles. The van der Waals surface area contributed by atoms with Crippen LogP contribution >= 0.6 is 11.8 Å². The minimum Gasteiger partial charge on any atom is -0.497 e. The van der Waals surface area contributed by atoms with E-state index in [1.165, 1.54) is 6.33 Å². The third kappa shape index (κ3) is 3.74. The third-order valence-electron chi connectivity index (χ3n) is 3.26. The molecule has 0 aliphatic rings. The van der Waals surface area contributed by atoms with Crippen molar-refractivity contribution < 1.29 is 9.53 Å². The molecule has 3 aromatic rings. The molecular formula is C15H15N5O3S. The van der Waals surface area contributed by atoms with E-state index in [-0.39, 0.29) is 17.2 Å². The smallest absolute Gasteiger partial charge is 0.277 e. The fourth-order valence-corrected chi connectivity index (χ4v) is 2.71. The van der Waals surface area contributed by atoms with Crippen molar-refractivity contribution >= 4 is 28.8 Å². The van der Waals surface area contributed by atoms with Crippen molar-refractivity contribution in [2.75, 3.05) is 12.9 Å². The number of H-pyrrole nitrogens is 2. The normalized spacial score (nSPS) is 10.7. The Bertz CT molecular complexity index is 903. The first kappa shape index (κ1) is 16.1. The summed E-state index contributed by atoms with van der Waals surface area (Å²) in [5.41, 5.74) is 1.32. The van der Waals surface area contributed by atoms with Gasteiger partial charge in [0.15, 0.2) is 16.3 Å². The summed E-state index contributed by atoms with van der Waals surface area (Å²) in [7, 11) is 1.60. The largest absolute Gasteiger partial charge is 0.497 e. The summed E-state index contributed by atoms with van der Waals surface area (Å²) in [4.78, 5) is 37.1. The van der Waals surface area contributed by atoms with Crippen LogP contribution in [0.3, 0.4) is 0 Å². The summed E-state index contributed by atoms with van der Waals surface area (Å²) in [6.07, 6.45) is 1.41. The van der Waals surface area contributed by atoms with Gasteiger partial charge in [-0.15, -0.1) is 0 Å². The van der Waals surface area contributed by atoms with E-state index >= 15 is 0 Å². The molecule has 8 nitrogen and oxygen atoms in total. The van der Waals surface area contributed by atoms with Crippen LogP contribution in [0.15, 0.2) is 40.5 Å². The molecule has 9 heteroatoms. The molecule has 0 saturated heterocycles. The van der Waals surface area contributed by atoms with Crippen molar-refractivity contribution in [3.63, 3.8) is 0 Å². The van der Waals surface area contributed by atoms with Crippen LogP contribution in [-0.2, 0) is 11.3 Å². The number of methoxy groups -OCH3 is 1. The summed E-state index contributed by atoms with van der Waals surface area (Å²) in [5, 5.41) is 3.17. The Morgan fingerprint density at radius 1 is 1.33 bits per heavy atom. The molecule has 1 amide bonds. The first-order chi connectivity index (χ1) is 11.7. The SMILES string of the molecule is COc1ccc(CNC(=O)CSc2nc3nc[nH]c3c(=O)[nH]2)cc1. The van der Waals surface area contributed by atoms with E-state index in [4.69, 9.17) is 4.74 Å². The van der Waals surface area contributed by atoms with Crippen LogP contribution in [0.4, 0.5) is 0 Å². The van der Waals surface area contributed by atoms with Gasteiger partial charge in [-0.25, -0.2) is 9.97 Å². The van der Waals surface area contributed by atoms with Gasteiger partial charge in [-0.1, -0.05) is 23.9 Å². The van der Waals surface area contributed by atoms with Crippen molar-refractivity contribution in [1.82, 2.24) is 25.3 Å². The molecule has 0 unspecified atom stereocenters. The van der Waals surface area contributed by atoms with E-state index in [1.807, 2.05) is 24.3 Å². The van der Waals surface area contributed by atoms with Crippen LogP contribution in [0.1, 0.15) is 5.56 Å². The highest BCUT2D eigenvalue weighted by Gasteiger charge is 2.08. The highest BCUT2D eigenvalue weighted by atomic mass is 32.2. The Balaban J connectivity index is 1.53. The second-order valence-electron chi connectivity index (χ2n) is 4.89. The second-order valence-corrected chi connectivity index (χ2v) is 5.85. The number of carbonyl (C=O) groups is 1. The van der Waals surface area contributed by atoms with Crippen LogP contribution in [-0.4, -0.2) is 38.7 Å². The number of benzene rings is 1. The van der Waals surface area contributed by atoms with Crippen LogP contribution in [0, 0.1) is 0 Å². The molecule has 1 aromatic carbocycles. The Kier molecular flexibility index (Phi) is 4.80. The summed E-state index contributed by atoms with van der Waals surface area (Å²) in [5.74, 6) is 0.764. The van der Waals surface area contributed by atoms with Gasteiger partial charge in [-0.05, 0) is 17.7 Å². The van der Waals surface area contributed by atoms with E-state index in [2.05, 4.69) is 25.3 Å². The van der Waals surface area contributed by atoms with Gasteiger partial charge in [-0.2, -0.15) is 0 Å². The first-order valence-corrected chi connectivity index (χ1v) is 8.10. The van der Waals surface area contributed by atoms with Gasteiger partial charge >= 0.3 is 0 Å². The number of amides is 1. The fourth-order valence-electron chi connectivity index (χ4n) is 2.02. The number of fused-ring (bicyclic) bond motifs is 1. The van der Waals surface area contributed by atoms with E-state index in [0.29, 0.717) is 22.9 Å². The molecular weight excluding hydrogens is 330 g/mol. The van der Waals surface area contributed by atoms with E-state index in [0.717, 1.165) is 23.1 Å². The van der Waals surface area contributed by atoms with Gasteiger partial charge in [0, 0.05) is 6.54 Å². The quantitative estimate of drug-likeness (QED) is 0.455. The van der Waals surface area contributed by atoms with Crippen LogP contribution in [0.5, 0.6) is 5.75 Å². The van der Waals surface area contributed by atoms with E-state index in [9.17, 15) is 9.59 Å². The zero-order valence-electron chi connectivity index (χ0n) is 12.8. The summed E-state index contributed by atoms with van der Waals surface area (Å²) < 4.78 is 5.08. The zero-order chi connectivity index (χ0) is 16.9. The van der Waals surface area contributed by atoms with Crippen molar-refractivity contribution in [1.29, 1.82) is 0 Å². The predicted molar refractivity (Wildman–Crippen MR) is 90.1 cm³/mol. The average Bonchev–Trinajstić information content (AvgIpc) is 3.08. The van der Waals surface area contributed by atoms with Gasteiger partial charge in [0.05, 0.1) is 19.2 Å². The van der Waals surface area contributed by atoms with Crippen molar-refractivity contribution in [3.05, 3.63) is 46.5 Å². The maximum absolute atomic E-state index is 11.9. The summed E-state index contributed by atoms with van der Waals surface area (Å²) >= 11 is 1.15. The lowest BCUT2D eigenvalue weighted by molar-refractivity contribution is -0.118. The molecule has 3 rings (SSSR count). The molecule has 0 fully saturated rings. The Labute approximate surface area is 141 Å². The number of imidazole rings is 1. The number of nitrogens with one attached hydrogen (secondary N) is 3. The first-order valence-electron chi connectivity index (χ1n) is 7.11. The summed E-state index contributed by atoms with van der Waals surface area (Å²) in [6, 6.07) is 7.45. The number of rotatable bonds is 6. The highest BCUT2D eigenvalue weighted by Crippen LogP contribution is 2.13. The molecule has 2 aromatic heterocycles. The van der Waals surface area contributed by atoms with Crippen LogP contribution < -0.4 is 15.6 Å². The van der Waals surface area contributed by atoms with Crippen molar-refractivity contribution in [2.24, 2.45) is 0 Å². The molecule has 0 radical (unpaired) electrons. The lowest BCUT2D eigenvalue weighted by Crippen LogP contribution is -2.24. The van der Waals surface area contributed by atoms with Gasteiger partial charge in [-0.3, -0.25) is 14.6 Å². The molecule has 2 heterocycles. The maximum Gasteiger partial charge on any atom is 0.277 e. The minimum atomic E-state index is -0.307. The Hall–Kier alpha value is -2.81. The lowest BCUT2D eigenvalue weighted by Gasteiger charge is -2.06. The minimum absolute atomic E-state index is 0.148. The fraction of sp³-hybridized carbons (Fsp3) is 0.200. The van der Waals surface area contributed by atoms with E-state index < -0.39 is 0 Å². The van der Waals surface area contributed by atoms with Crippen molar-refractivity contribution in [3.8, 4) is 5.75 Å². The molecule has 0 bridgehead atoms. The number of hydrogen-bond donors (Lipinski definition) is 3. The number of aromatic amines is 2. The highest BCUT2D eigenvalue weighted by molar-refractivity contribution is 7.99. The Morgan fingerprint density at radius 3 is 2.88 bits per heavy atom. The lowest BCUT2D eigenvalue weighted by atomic mass is 10.2. The number of carbonyl (C=O) groups excluding carboxylic acids is 1. The third-order valence-corrected chi connectivity index (χ3v) is 4.14. The summed E-state index contributed by atoms with van der Waals surface area (Å²) in [6.45, 7) is 0.422. The molecule has 124 valence electrons. The van der Waals surface area contributed by atoms with Crippen LogP contribution in [0.2, 0.25) is 0 Å². The molecule has 3 N–H and O–H groups in total. The standard InChI is InChI=1S/C15H15N5O3S/c1-23-10-4-2-9(3-5-10)6-16-11(21)7-24-15-19-13-12(14(22)20-15)17-8-18-13/h2-5,8H,6-7H2,1H3,(H,16,21)(H2,17,18,19,20,22). The molecule has 0 saturated carbocycles. The number of aromatic nitrogens is 4. The molecule has 0 spiro atoms. The number of nitrogens with zero attached hydrogens (tertiary/aromatic N) is 2. The molecule has 24 heavy (non-hydrogen) atoms. The van der Waals surface area contributed by atoms with Gasteiger partial charge in [0.25, 0.3) is 5.56 Å². The number of hydrogen-bond acceptors (Lipinski definition) is 6. The predicted octanol–water partition coefficient (Wildman–Crippen LogP) is 1.06. The van der Waals surface area contributed by atoms with Gasteiger partial charge in [0.2, 0.25) is 5.91 Å². The van der Waals surface area contributed by atoms with Crippen LogP contribution in [0.25, 0.3) is 11.2 Å². The van der Waals surface area contributed by atoms with Crippen molar-refractivity contribution in [2.45, 2.75) is 11.7 Å². The Morgan fingerprint density at radius 2 is 2.12 bits per heavy atom. The molecule has 0 aliphatic heterocycles. The maximum atomic E-state index is 11.9. The number of ether oxygens (including phenoxy) is 1.